The van der Waals surface area contributed by atoms with E-state index < -0.39 is 0 Å². The SMILES string of the molecule is CC(C)c1nc2nnnn[n+]2[nH]1. The number of rotatable bonds is 1. The Labute approximate surface area is 67.8 Å². The molecule has 0 amide bonds. The summed E-state index contributed by atoms with van der Waals surface area (Å²) in [4.78, 5) is 4.14. The second kappa shape index (κ2) is 2.43. The molecular formula is C5H8N7+. The summed E-state index contributed by atoms with van der Waals surface area (Å²) >= 11 is 0. The Morgan fingerprint density at radius 3 is 2.83 bits per heavy atom. The Morgan fingerprint density at radius 1 is 1.33 bits per heavy atom. The first-order valence-corrected chi connectivity index (χ1v) is 3.61. The second-order valence-corrected chi connectivity index (χ2v) is 2.74. The summed E-state index contributed by atoms with van der Waals surface area (Å²) in [6.45, 7) is 4.05. The van der Waals surface area contributed by atoms with Crippen molar-refractivity contribution in [3.63, 3.8) is 0 Å². The van der Waals surface area contributed by atoms with Crippen molar-refractivity contribution >= 4 is 5.78 Å². The van der Waals surface area contributed by atoms with Crippen molar-refractivity contribution in [3.05, 3.63) is 5.82 Å². The average molecular weight is 166 g/mol. The first kappa shape index (κ1) is 7.01. The third-order valence-electron chi connectivity index (χ3n) is 1.48. The lowest BCUT2D eigenvalue weighted by Gasteiger charge is -1.90. The number of nitrogens with zero attached hydrogens (tertiary/aromatic N) is 6. The summed E-state index contributed by atoms with van der Waals surface area (Å²) in [6.07, 6.45) is 0. The zero-order chi connectivity index (χ0) is 8.55. The highest BCUT2D eigenvalue weighted by molar-refractivity contribution is 5.11. The quantitative estimate of drug-likeness (QED) is 0.541. The van der Waals surface area contributed by atoms with Crippen LogP contribution in [0, 0.1) is 0 Å². The summed E-state index contributed by atoms with van der Waals surface area (Å²) in [7, 11) is 0. The van der Waals surface area contributed by atoms with Crippen molar-refractivity contribution in [1.82, 2.24) is 30.8 Å². The molecule has 0 atom stereocenters. The molecule has 2 rings (SSSR count). The summed E-state index contributed by atoms with van der Waals surface area (Å²) in [5.74, 6) is 1.58. The van der Waals surface area contributed by atoms with E-state index in [1.807, 2.05) is 13.8 Å². The fraction of sp³-hybridized carbons (Fsp3) is 0.600. The number of H-pyrrole nitrogens is 1. The summed E-state index contributed by atoms with van der Waals surface area (Å²) < 4.78 is 1.39. The van der Waals surface area contributed by atoms with Crippen molar-refractivity contribution in [2.24, 2.45) is 0 Å². The van der Waals surface area contributed by atoms with E-state index in [0.717, 1.165) is 5.82 Å². The molecule has 0 saturated carbocycles. The van der Waals surface area contributed by atoms with Gasteiger partial charge in [0.25, 0.3) is 0 Å². The van der Waals surface area contributed by atoms with Crippen molar-refractivity contribution in [2.45, 2.75) is 19.8 Å². The predicted molar refractivity (Wildman–Crippen MR) is 37.0 cm³/mol. The Balaban J connectivity index is 2.62. The second-order valence-electron chi connectivity index (χ2n) is 2.74. The molecule has 7 heteroatoms. The van der Waals surface area contributed by atoms with Gasteiger partial charge in [-0.2, -0.15) is 0 Å². The normalized spacial score (nSPS) is 11.2. The lowest BCUT2D eigenvalue weighted by molar-refractivity contribution is -0.651. The van der Waals surface area contributed by atoms with Gasteiger partial charge in [0.05, 0.1) is 5.21 Å². The molecule has 2 aromatic heterocycles. The zero-order valence-electron chi connectivity index (χ0n) is 6.76. The van der Waals surface area contributed by atoms with Crippen molar-refractivity contribution in [2.75, 3.05) is 0 Å². The third-order valence-corrected chi connectivity index (χ3v) is 1.48. The molecule has 0 bridgehead atoms. The summed E-state index contributed by atoms with van der Waals surface area (Å²) in [5, 5.41) is 17.0. The van der Waals surface area contributed by atoms with Gasteiger partial charge in [0.1, 0.15) is 10.4 Å². The van der Waals surface area contributed by atoms with Gasteiger partial charge in [-0.1, -0.05) is 18.8 Å². The number of hydrogen-bond donors (Lipinski definition) is 1. The van der Waals surface area contributed by atoms with Crippen LogP contribution in [0.5, 0.6) is 0 Å². The van der Waals surface area contributed by atoms with E-state index in [1.54, 1.807) is 0 Å². The van der Waals surface area contributed by atoms with Crippen molar-refractivity contribution in [3.8, 4) is 0 Å². The lowest BCUT2D eigenvalue weighted by Crippen LogP contribution is -2.31. The van der Waals surface area contributed by atoms with Crippen LogP contribution in [0.4, 0.5) is 0 Å². The van der Waals surface area contributed by atoms with E-state index in [9.17, 15) is 0 Å². The van der Waals surface area contributed by atoms with Crippen LogP contribution in [0.15, 0.2) is 0 Å². The number of aromatic nitrogens is 7. The molecule has 0 aromatic carbocycles. The van der Waals surface area contributed by atoms with Gasteiger partial charge in [-0.05, 0) is 4.63 Å². The van der Waals surface area contributed by atoms with Gasteiger partial charge in [-0.25, -0.2) is 5.10 Å². The largest absolute Gasteiger partial charge is 0.451 e. The van der Waals surface area contributed by atoms with Crippen molar-refractivity contribution < 1.29 is 4.63 Å². The Kier molecular flexibility index (Phi) is 1.42. The molecule has 0 saturated heterocycles. The maximum atomic E-state index is 4.14. The van der Waals surface area contributed by atoms with Crippen LogP contribution < -0.4 is 4.63 Å². The molecule has 0 aliphatic carbocycles. The Hall–Kier alpha value is -1.66. The molecule has 1 N–H and O–H groups in total. The van der Waals surface area contributed by atoms with E-state index in [1.165, 1.54) is 4.63 Å². The first-order valence-electron chi connectivity index (χ1n) is 3.61. The standard InChI is InChI=1S/C5H7N7/c1-3(2)4-6-5-7-9-10-11-12(5)8-4/h3H,1-2H3/p+1. The van der Waals surface area contributed by atoms with Gasteiger partial charge in [0.2, 0.25) is 0 Å². The number of fused-ring (bicyclic) bond motifs is 1. The molecule has 0 radical (unpaired) electrons. The van der Waals surface area contributed by atoms with Gasteiger partial charge < -0.3 is 0 Å². The monoisotopic (exact) mass is 166 g/mol. The van der Waals surface area contributed by atoms with E-state index in [2.05, 4.69) is 30.8 Å². The van der Waals surface area contributed by atoms with Crippen LogP contribution in [0.3, 0.4) is 0 Å². The molecule has 12 heavy (non-hydrogen) atoms. The Morgan fingerprint density at radius 2 is 2.17 bits per heavy atom. The van der Waals surface area contributed by atoms with Crippen LogP contribution in [0.2, 0.25) is 0 Å². The molecule has 0 unspecified atom stereocenters. The summed E-state index contributed by atoms with van der Waals surface area (Å²) in [6, 6.07) is 0. The molecule has 0 spiro atoms. The van der Waals surface area contributed by atoms with Crippen LogP contribution in [0.25, 0.3) is 5.78 Å². The predicted octanol–water partition coefficient (Wildman–Crippen LogP) is -1.15. The fourth-order valence-corrected chi connectivity index (χ4v) is 0.842. The van der Waals surface area contributed by atoms with Crippen molar-refractivity contribution in [1.29, 1.82) is 0 Å². The van der Waals surface area contributed by atoms with Gasteiger partial charge in [-0.15, -0.1) is 0 Å². The highest BCUT2D eigenvalue weighted by Crippen LogP contribution is 2.05. The molecular weight excluding hydrogens is 158 g/mol. The average Bonchev–Trinajstić information content (AvgIpc) is 2.46. The smallest absolute Gasteiger partial charge is 0.209 e. The van der Waals surface area contributed by atoms with Gasteiger partial charge in [-0.3, -0.25) is 0 Å². The van der Waals surface area contributed by atoms with Gasteiger partial charge in [0.15, 0.2) is 5.82 Å². The highest BCUT2D eigenvalue weighted by Gasteiger charge is 2.14. The van der Waals surface area contributed by atoms with E-state index >= 15 is 0 Å². The zero-order valence-corrected chi connectivity index (χ0v) is 6.76. The molecule has 2 aromatic rings. The number of hydrogen-bond acceptors (Lipinski definition) is 5. The van der Waals surface area contributed by atoms with Crippen LogP contribution in [0.1, 0.15) is 25.6 Å². The molecule has 0 aliphatic rings. The van der Waals surface area contributed by atoms with Crippen LogP contribution in [-0.4, -0.2) is 30.8 Å². The van der Waals surface area contributed by atoms with Crippen LogP contribution in [-0.2, 0) is 0 Å². The molecule has 2 heterocycles. The first-order chi connectivity index (χ1) is 5.77. The molecule has 7 nitrogen and oxygen atoms in total. The minimum Gasteiger partial charge on any atom is -0.209 e. The molecule has 0 fully saturated rings. The number of aromatic amines is 1. The minimum atomic E-state index is 0.313. The lowest BCUT2D eigenvalue weighted by atomic mass is 10.2. The van der Waals surface area contributed by atoms with Gasteiger partial charge >= 0.3 is 5.78 Å². The van der Waals surface area contributed by atoms with Crippen LogP contribution >= 0.6 is 0 Å². The maximum Gasteiger partial charge on any atom is 0.451 e. The fourth-order valence-electron chi connectivity index (χ4n) is 0.842. The maximum absolute atomic E-state index is 4.14. The minimum absolute atomic E-state index is 0.313. The summed E-state index contributed by atoms with van der Waals surface area (Å²) in [5.41, 5.74) is 0. The topological polar surface area (TPSA) is 84.3 Å². The molecule has 0 aliphatic heterocycles. The Bertz CT molecular complexity index is 358. The molecule has 62 valence electrons. The third kappa shape index (κ3) is 0.987. The highest BCUT2D eigenvalue weighted by atomic mass is 15.6. The van der Waals surface area contributed by atoms with E-state index in [4.69, 9.17) is 0 Å². The van der Waals surface area contributed by atoms with E-state index in [-0.39, 0.29) is 0 Å². The van der Waals surface area contributed by atoms with Gasteiger partial charge in [0, 0.05) is 11.0 Å². The van der Waals surface area contributed by atoms with E-state index in [0.29, 0.717) is 11.7 Å². The number of nitrogens with one attached hydrogen (secondary N) is 1.